The molecule has 150 heavy (non-hydrogen) atoms. The minimum atomic E-state index is 0.535. The van der Waals surface area contributed by atoms with Gasteiger partial charge >= 0.3 is 0 Å². The van der Waals surface area contributed by atoms with E-state index in [1.165, 1.54) is 0 Å². The zero-order chi connectivity index (χ0) is 101. The third-order valence-corrected chi connectivity index (χ3v) is 27.6. The normalized spacial score (nSPS) is 11.1. The van der Waals surface area contributed by atoms with Gasteiger partial charge in [0.05, 0.1) is 200 Å². The van der Waals surface area contributed by atoms with Crippen LogP contribution in [0.1, 0.15) is 44.5 Å². The lowest BCUT2D eigenvalue weighted by atomic mass is 10.1. The molecule has 0 amide bonds. The molecular formula is C129H69N21. The number of rotatable bonds is 12. The molecule has 27 rings (SSSR count). The van der Waals surface area contributed by atoms with Crippen LogP contribution in [-0.4, -0.2) is 57.3 Å². The Hall–Kier alpha value is -22.6. The lowest BCUT2D eigenvalue weighted by Gasteiger charge is -2.15. The maximum atomic E-state index is 9.76. The van der Waals surface area contributed by atoms with Crippen molar-refractivity contribution in [2.24, 2.45) is 0 Å². The lowest BCUT2D eigenvalue weighted by molar-refractivity contribution is 1.01. The predicted octanol–water partition coefficient (Wildman–Crippen LogP) is 29.5. The highest BCUT2D eigenvalue weighted by Gasteiger charge is 2.27. The molecule has 12 aromatic heterocycles. The quantitative estimate of drug-likeness (QED) is 0.103. The third kappa shape index (κ3) is 15.3. The van der Waals surface area contributed by atoms with Crippen LogP contribution in [0.25, 0.3) is 238 Å². The van der Waals surface area contributed by atoms with Crippen molar-refractivity contribution in [1.82, 2.24) is 57.3 Å². The molecule has 27 aromatic rings. The SMILES string of the molecule is N#Cc1ccc(-c2cccc(-c3cc(-n4c5ccccc5c5ccccc54)nc(-n4c5ccc(C#N)cc5c5cc(C#N)ccc54)c3)n2)cc1.N#Cc1cccc(-c2cccc(-c3cc(-n4c5ccccc5c5ccccc54)nc(-n4c5ccc(C#N)cc5c5cc(C#N)ccc54)c3)n2)c1.[C-]#[N+]c1ccccc1-c1cccc(-c2cc(-n3c4ccccc4c4ccccc43)nc(-n3c4ccc(C#N)cc4c4cc(C#N)ccc43)c2)n1. The summed E-state index contributed by atoms with van der Waals surface area (Å²) in [6.07, 6.45) is 0. The monoisotopic (exact) mass is 1910 g/mol. The summed E-state index contributed by atoms with van der Waals surface area (Å²) < 4.78 is 12.8. The molecule has 0 radical (unpaired) electrons. The van der Waals surface area contributed by atoms with Crippen LogP contribution in [0.2, 0.25) is 0 Å². The third-order valence-electron chi connectivity index (χ3n) is 27.6. The summed E-state index contributed by atoms with van der Waals surface area (Å²) in [5.41, 5.74) is 25.8. The smallest absolute Gasteiger partial charge is 0.196 e. The maximum absolute atomic E-state index is 9.76. The van der Waals surface area contributed by atoms with Gasteiger partial charge in [-0.25, -0.2) is 34.7 Å². The lowest BCUT2D eigenvalue weighted by Crippen LogP contribution is -2.05. The average Bonchev–Trinajstić information content (AvgIpc) is 1.58. The summed E-state index contributed by atoms with van der Waals surface area (Å²) in [5, 5.41) is 89.3. The largest absolute Gasteiger partial charge is 0.294 e. The highest BCUT2D eigenvalue weighted by molar-refractivity contribution is 6.15. The molecule has 0 spiro atoms. The molecule has 0 saturated carbocycles. The predicted molar refractivity (Wildman–Crippen MR) is 589 cm³/mol. The van der Waals surface area contributed by atoms with E-state index in [0.717, 1.165) is 199 Å². The summed E-state index contributed by atoms with van der Waals surface area (Å²) in [7, 11) is 0. The molecule has 0 atom stereocenters. The van der Waals surface area contributed by atoms with Crippen molar-refractivity contribution in [3.63, 3.8) is 0 Å². The van der Waals surface area contributed by atoms with E-state index in [-0.39, 0.29) is 0 Å². The van der Waals surface area contributed by atoms with Crippen molar-refractivity contribution in [1.29, 1.82) is 42.1 Å². The molecule has 0 bridgehead atoms. The first-order valence-corrected chi connectivity index (χ1v) is 48.0. The van der Waals surface area contributed by atoms with Crippen molar-refractivity contribution in [3.05, 3.63) is 475 Å². The van der Waals surface area contributed by atoms with Crippen molar-refractivity contribution in [2.45, 2.75) is 0 Å². The molecule has 0 unspecified atom stereocenters. The van der Waals surface area contributed by atoms with Gasteiger partial charge in [-0.15, -0.1) is 0 Å². The molecule has 15 aromatic carbocycles. The molecule has 21 nitrogen and oxygen atoms in total. The first-order chi connectivity index (χ1) is 73.9. The first kappa shape index (κ1) is 88.8. The fourth-order valence-corrected chi connectivity index (χ4v) is 20.9. The molecule has 0 saturated heterocycles. The Morgan fingerprint density at radius 1 is 0.167 bits per heavy atom. The number of pyridine rings is 6. The maximum Gasteiger partial charge on any atom is 0.196 e. The summed E-state index contributed by atoms with van der Waals surface area (Å²) in [6, 6.07) is 154. The number of fused-ring (bicyclic) bond motifs is 18. The number of nitriles is 8. The molecule has 12 heterocycles. The van der Waals surface area contributed by atoms with Crippen LogP contribution < -0.4 is 0 Å². The Morgan fingerprint density at radius 3 is 0.667 bits per heavy atom. The second-order valence-electron chi connectivity index (χ2n) is 36.1. The molecule has 0 aliphatic heterocycles. The van der Waals surface area contributed by atoms with Crippen molar-refractivity contribution < 1.29 is 0 Å². The Bertz CT molecular complexity index is 10500. The van der Waals surface area contributed by atoms with E-state index in [1.807, 2.05) is 267 Å². The Morgan fingerprint density at radius 2 is 0.387 bits per heavy atom. The van der Waals surface area contributed by atoms with E-state index in [9.17, 15) is 42.1 Å². The molecule has 21 heteroatoms. The standard InChI is InChI=1S/3C43H23N7/c1-46-36-12-5-2-11-32(36)37-14-8-13-35(47-37)29-23-42(49-38-15-6-3-9-30(38)31-10-4-7-16-39(31)49)48-43(24-29)50-40-19-17-27(25-44)21-33(40)34-22-28(26-45)18-20-41(34)50;44-24-27-7-5-8-30(19-27)36-11-6-12-37(47-36)31-22-42(49-38-13-3-1-9-32(38)33-10-2-4-14-39(33)49)48-43(23-31)50-40-17-15-28(25-45)20-34(40)35-21-29(26-46)16-18-41(35)50;44-24-27-12-16-30(17-13-27)36-8-5-9-37(47-36)31-22-42(49-38-10-3-1-6-32(38)33-7-2-4-11-39(33)49)48-43(23-31)50-40-18-14-28(25-45)20-34(40)35-21-29(26-46)15-19-41(35)50/h2-24H;2*1-23H. The Kier molecular flexibility index (Phi) is 21.8. The number of hydrogen-bond acceptors (Lipinski definition) is 14. The van der Waals surface area contributed by atoms with E-state index in [2.05, 4.69) is 184 Å². The number of para-hydroxylation sites is 7. The van der Waals surface area contributed by atoms with Crippen molar-refractivity contribution in [2.75, 3.05) is 0 Å². The summed E-state index contributed by atoms with van der Waals surface area (Å²) >= 11 is 0. The summed E-state index contributed by atoms with van der Waals surface area (Å²) in [6.45, 7) is 7.73. The minimum absolute atomic E-state index is 0.535. The van der Waals surface area contributed by atoms with Crippen LogP contribution in [0.15, 0.2) is 419 Å². The van der Waals surface area contributed by atoms with Crippen molar-refractivity contribution in [3.8, 4) is 151 Å². The molecule has 0 aliphatic rings. The number of hydrogen-bond donors (Lipinski definition) is 0. The van der Waals surface area contributed by atoms with Crippen LogP contribution in [0.3, 0.4) is 0 Å². The van der Waals surface area contributed by atoms with Crippen LogP contribution in [0.4, 0.5) is 5.69 Å². The van der Waals surface area contributed by atoms with Gasteiger partial charge in [-0.2, -0.15) is 42.1 Å². The number of aromatic nitrogens is 12. The Balaban J connectivity index is 0.000000116. The summed E-state index contributed by atoms with van der Waals surface area (Å²) in [5.74, 6) is 4.12. The highest BCUT2D eigenvalue weighted by Crippen LogP contribution is 2.45. The van der Waals surface area contributed by atoms with Gasteiger partial charge in [0, 0.05) is 98.0 Å². The van der Waals surface area contributed by atoms with Gasteiger partial charge < -0.3 is 0 Å². The molecule has 0 aliphatic carbocycles. The minimum Gasteiger partial charge on any atom is -0.294 e. The molecule has 0 N–H and O–H groups in total. The van der Waals surface area contributed by atoms with Gasteiger partial charge in [0.1, 0.15) is 34.9 Å². The molecule has 0 fully saturated rings. The van der Waals surface area contributed by atoms with Gasteiger partial charge in [0.15, 0.2) is 5.69 Å². The fraction of sp³-hybridized carbons (Fsp3) is 0. The average molecular weight is 1910 g/mol. The second-order valence-corrected chi connectivity index (χ2v) is 36.1. The van der Waals surface area contributed by atoms with Gasteiger partial charge in [-0.05, 0) is 243 Å². The second kappa shape index (κ2) is 36.8. The molecule has 690 valence electrons. The van der Waals surface area contributed by atoms with Crippen molar-refractivity contribution >= 4 is 137 Å². The number of nitrogens with zero attached hydrogens (tertiary/aromatic N) is 21. The highest BCUT2D eigenvalue weighted by atomic mass is 15.2. The zero-order valence-electron chi connectivity index (χ0n) is 79.2. The van der Waals surface area contributed by atoms with E-state index < -0.39 is 0 Å². The number of benzene rings is 15. The van der Waals surface area contributed by atoms with Crippen LogP contribution in [0, 0.1) is 97.2 Å². The van der Waals surface area contributed by atoms with Gasteiger partial charge in [-0.1, -0.05) is 176 Å². The van der Waals surface area contributed by atoms with Gasteiger partial charge in [-0.3, -0.25) is 27.4 Å². The van der Waals surface area contributed by atoms with E-state index in [1.54, 1.807) is 48.5 Å². The summed E-state index contributed by atoms with van der Waals surface area (Å²) in [4.78, 5) is 35.1. The van der Waals surface area contributed by atoms with Crippen LogP contribution in [0.5, 0.6) is 0 Å². The van der Waals surface area contributed by atoms with Crippen LogP contribution >= 0.6 is 0 Å². The van der Waals surface area contributed by atoms with E-state index >= 15 is 0 Å². The van der Waals surface area contributed by atoms with Gasteiger partial charge in [0.25, 0.3) is 0 Å². The van der Waals surface area contributed by atoms with Gasteiger partial charge in [0.2, 0.25) is 0 Å². The molecular weight excluding hydrogens is 1840 g/mol. The first-order valence-electron chi connectivity index (χ1n) is 48.0. The fourth-order valence-electron chi connectivity index (χ4n) is 20.9. The van der Waals surface area contributed by atoms with Crippen LogP contribution in [-0.2, 0) is 0 Å². The zero-order valence-corrected chi connectivity index (χ0v) is 79.2. The topological polar surface area (TPSA) is 302 Å². The van der Waals surface area contributed by atoms with E-state index in [4.69, 9.17) is 36.5 Å². The Labute approximate surface area is 855 Å². The van der Waals surface area contributed by atoms with E-state index in [0.29, 0.717) is 85.0 Å².